The summed E-state index contributed by atoms with van der Waals surface area (Å²) in [6.45, 7) is 3.01. The van der Waals surface area contributed by atoms with E-state index in [4.69, 9.17) is 9.47 Å². The van der Waals surface area contributed by atoms with Gasteiger partial charge in [-0.3, -0.25) is 5.10 Å². The molecule has 1 N–H and O–H groups in total. The molecule has 0 radical (unpaired) electrons. The van der Waals surface area contributed by atoms with Gasteiger partial charge in [-0.2, -0.15) is 5.10 Å². The molecule has 0 amide bonds. The highest BCUT2D eigenvalue weighted by molar-refractivity contribution is 5.68. The van der Waals surface area contributed by atoms with Crippen LogP contribution in [0.3, 0.4) is 0 Å². The van der Waals surface area contributed by atoms with E-state index in [2.05, 4.69) is 15.2 Å². The number of nitrogens with zero attached hydrogens (tertiary/aromatic N) is 2. The van der Waals surface area contributed by atoms with Crippen LogP contribution in [-0.2, 0) is 0 Å². The summed E-state index contributed by atoms with van der Waals surface area (Å²) in [6.07, 6.45) is 0. The van der Waals surface area contributed by atoms with E-state index in [1.807, 2.05) is 25.1 Å². The lowest BCUT2D eigenvalue weighted by Gasteiger charge is -2.19. The summed E-state index contributed by atoms with van der Waals surface area (Å²) in [7, 11) is 0. The summed E-state index contributed by atoms with van der Waals surface area (Å²) < 4.78 is 11.1. The molecule has 2 heterocycles. The first kappa shape index (κ1) is 9.21. The average molecular weight is 217 g/mol. The van der Waals surface area contributed by atoms with Gasteiger partial charge in [0.05, 0.1) is 5.56 Å². The van der Waals surface area contributed by atoms with Gasteiger partial charge in [-0.25, -0.2) is 4.98 Å². The molecule has 82 valence electrons. The predicted octanol–water partition coefficient (Wildman–Crippen LogP) is 1.55. The largest absolute Gasteiger partial charge is 0.486 e. The van der Waals surface area contributed by atoms with Crippen LogP contribution < -0.4 is 9.47 Å². The van der Waals surface area contributed by atoms with E-state index < -0.39 is 0 Å². The van der Waals surface area contributed by atoms with Crippen molar-refractivity contribution in [3.05, 3.63) is 24.0 Å². The fraction of sp³-hybridized carbons (Fsp3) is 0.273. The molecular weight excluding hydrogens is 206 g/mol. The number of rotatable bonds is 1. The van der Waals surface area contributed by atoms with Crippen molar-refractivity contribution in [3.8, 4) is 22.9 Å². The van der Waals surface area contributed by atoms with E-state index >= 15 is 0 Å². The Labute approximate surface area is 92.4 Å². The number of hydrogen-bond acceptors (Lipinski definition) is 4. The molecule has 5 nitrogen and oxygen atoms in total. The molecule has 1 aromatic carbocycles. The highest BCUT2D eigenvalue weighted by Crippen LogP contribution is 2.38. The van der Waals surface area contributed by atoms with Gasteiger partial charge in [-0.05, 0) is 19.1 Å². The van der Waals surface area contributed by atoms with Crippen molar-refractivity contribution in [3.63, 3.8) is 0 Å². The third-order valence-corrected chi connectivity index (χ3v) is 2.40. The van der Waals surface area contributed by atoms with Gasteiger partial charge in [0.15, 0.2) is 17.3 Å². The van der Waals surface area contributed by atoms with Crippen molar-refractivity contribution in [2.75, 3.05) is 13.2 Å². The SMILES string of the molecule is Cc1nc(-c2cccc3c2OCCO3)n[nH]1. The normalized spacial score (nSPS) is 13.8. The number of ether oxygens (including phenoxy) is 2. The number of aryl methyl sites for hydroxylation is 1. The van der Waals surface area contributed by atoms with Crippen LogP contribution in [0.1, 0.15) is 5.82 Å². The first-order valence-corrected chi connectivity index (χ1v) is 5.12. The van der Waals surface area contributed by atoms with E-state index in [0.29, 0.717) is 19.0 Å². The van der Waals surface area contributed by atoms with E-state index in [1.54, 1.807) is 0 Å². The van der Waals surface area contributed by atoms with Gasteiger partial charge in [-0.1, -0.05) is 6.07 Å². The van der Waals surface area contributed by atoms with Gasteiger partial charge in [0.1, 0.15) is 19.0 Å². The van der Waals surface area contributed by atoms with Gasteiger partial charge in [0, 0.05) is 0 Å². The van der Waals surface area contributed by atoms with E-state index in [0.717, 1.165) is 22.9 Å². The third-order valence-electron chi connectivity index (χ3n) is 2.40. The van der Waals surface area contributed by atoms with Crippen LogP contribution in [0.4, 0.5) is 0 Å². The van der Waals surface area contributed by atoms with Crippen molar-refractivity contribution >= 4 is 0 Å². The zero-order valence-corrected chi connectivity index (χ0v) is 8.86. The minimum atomic E-state index is 0.563. The van der Waals surface area contributed by atoms with Gasteiger partial charge < -0.3 is 9.47 Å². The number of benzene rings is 1. The molecule has 0 fully saturated rings. The molecular formula is C11H11N3O2. The van der Waals surface area contributed by atoms with Crippen LogP contribution in [0.15, 0.2) is 18.2 Å². The number of nitrogens with one attached hydrogen (secondary N) is 1. The fourth-order valence-corrected chi connectivity index (χ4v) is 1.71. The van der Waals surface area contributed by atoms with Crippen molar-refractivity contribution in [2.45, 2.75) is 6.92 Å². The zero-order valence-electron chi connectivity index (χ0n) is 8.86. The van der Waals surface area contributed by atoms with E-state index in [1.165, 1.54) is 0 Å². The number of aromatic nitrogens is 3. The topological polar surface area (TPSA) is 60.0 Å². The summed E-state index contributed by atoms with van der Waals surface area (Å²) in [5.74, 6) is 2.91. The Morgan fingerprint density at radius 3 is 2.94 bits per heavy atom. The molecule has 5 heteroatoms. The molecule has 1 aliphatic rings. The Balaban J connectivity index is 2.13. The second kappa shape index (κ2) is 3.52. The van der Waals surface area contributed by atoms with Crippen LogP contribution in [-0.4, -0.2) is 28.4 Å². The third kappa shape index (κ3) is 1.41. The molecule has 0 aliphatic carbocycles. The van der Waals surface area contributed by atoms with E-state index in [-0.39, 0.29) is 0 Å². The first-order valence-electron chi connectivity index (χ1n) is 5.12. The van der Waals surface area contributed by atoms with Crippen molar-refractivity contribution < 1.29 is 9.47 Å². The van der Waals surface area contributed by atoms with Gasteiger partial charge in [-0.15, -0.1) is 0 Å². The lowest BCUT2D eigenvalue weighted by Crippen LogP contribution is -2.15. The Kier molecular flexibility index (Phi) is 2.02. The number of aromatic amines is 1. The lowest BCUT2D eigenvalue weighted by atomic mass is 10.1. The molecule has 2 aromatic rings. The second-order valence-electron chi connectivity index (χ2n) is 3.57. The molecule has 1 aromatic heterocycles. The molecule has 0 saturated heterocycles. The van der Waals surface area contributed by atoms with Gasteiger partial charge in [0.2, 0.25) is 0 Å². The minimum Gasteiger partial charge on any atom is -0.486 e. The molecule has 0 bridgehead atoms. The zero-order chi connectivity index (χ0) is 11.0. The Bertz CT molecular complexity index is 522. The lowest BCUT2D eigenvalue weighted by molar-refractivity contribution is 0.172. The predicted molar refractivity (Wildman–Crippen MR) is 57.5 cm³/mol. The minimum absolute atomic E-state index is 0.563. The molecule has 0 atom stereocenters. The standard InChI is InChI=1S/C11H11N3O2/c1-7-12-11(14-13-7)8-3-2-4-9-10(8)16-6-5-15-9/h2-4H,5-6H2,1H3,(H,12,13,14). The number of fused-ring (bicyclic) bond motifs is 1. The molecule has 1 aliphatic heterocycles. The summed E-state index contributed by atoms with van der Waals surface area (Å²) in [6, 6.07) is 5.72. The summed E-state index contributed by atoms with van der Waals surface area (Å²) in [5, 5.41) is 6.94. The highest BCUT2D eigenvalue weighted by atomic mass is 16.6. The summed E-state index contributed by atoms with van der Waals surface area (Å²) >= 11 is 0. The fourth-order valence-electron chi connectivity index (χ4n) is 1.71. The Morgan fingerprint density at radius 2 is 2.12 bits per heavy atom. The Hall–Kier alpha value is -2.04. The van der Waals surface area contributed by atoms with Gasteiger partial charge in [0.25, 0.3) is 0 Å². The number of hydrogen-bond donors (Lipinski definition) is 1. The molecule has 0 saturated carbocycles. The quantitative estimate of drug-likeness (QED) is 0.787. The summed E-state index contributed by atoms with van der Waals surface area (Å²) in [4.78, 5) is 4.29. The molecule has 0 unspecified atom stereocenters. The van der Waals surface area contributed by atoms with Crippen molar-refractivity contribution in [1.82, 2.24) is 15.2 Å². The van der Waals surface area contributed by atoms with Crippen molar-refractivity contribution in [2.24, 2.45) is 0 Å². The maximum absolute atomic E-state index is 5.60. The van der Waals surface area contributed by atoms with Crippen LogP contribution in [0.5, 0.6) is 11.5 Å². The van der Waals surface area contributed by atoms with Crippen LogP contribution >= 0.6 is 0 Å². The van der Waals surface area contributed by atoms with E-state index in [9.17, 15) is 0 Å². The number of H-pyrrole nitrogens is 1. The first-order chi connectivity index (χ1) is 7.84. The number of para-hydroxylation sites is 1. The monoisotopic (exact) mass is 217 g/mol. The summed E-state index contributed by atoms with van der Waals surface area (Å²) in [5.41, 5.74) is 0.863. The average Bonchev–Trinajstić information content (AvgIpc) is 2.75. The smallest absolute Gasteiger partial charge is 0.185 e. The second-order valence-corrected chi connectivity index (χ2v) is 3.57. The molecule has 3 rings (SSSR count). The van der Waals surface area contributed by atoms with Crippen LogP contribution in [0.25, 0.3) is 11.4 Å². The highest BCUT2D eigenvalue weighted by Gasteiger charge is 2.18. The van der Waals surface area contributed by atoms with Crippen molar-refractivity contribution in [1.29, 1.82) is 0 Å². The van der Waals surface area contributed by atoms with Crippen LogP contribution in [0.2, 0.25) is 0 Å². The molecule has 16 heavy (non-hydrogen) atoms. The Morgan fingerprint density at radius 1 is 1.25 bits per heavy atom. The maximum Gasteiger partial charge on any atom is 0.185 e. The molecule has 0 spiro atoms. The maximum atomic E-state index is 5.60. The van der Waals surface area contributed by atoms with Gasteiger partial charge >= 0.3 is 0 Å². The van der Waals surface area contributed by atoms with Crippen LogP contribution in [0, 0.1) is 6.92 Å².